The Morgan fingerprint density at radius 3 is 2.41 bits per heavy atom. The molecule has 0 saturated carbocycles. The molecule has 1 aromatic heterocycles. The number of sulfonamides is 1. The zero-order valence-corrected chi connectivity index (χ0v) is 19.2. The number of nitrogens with zero attached hydrogens (tertiary/aromatic N) is 3. The molecule has 0 spiro atoms. The Bertz CT molecular complexity index is 1390. The summed E-state index contributed by atoms with van der Waals surface area (Å²) in [5.41, 5.74) is 1.26. The number of esters is 1. The summed E-state index contributed by atoms with van der Waals surface area (Å²) in [5, 5.41) is 7.82. The van der Waals surface area contributed by atoms with Crippen LogP contribution in [0.1, 0.15) is 16.2 Å². The Kier molecular flexibility index (Phi) is 6.60. The molecule has 174 valence electrons. The number of carbonyl (C=O) groups excluding carboxylic acids is 1. The predicted molar refractivity (Wildman–Crippen MR) is 124 cm³/mol. The third-order valence-electron chi connectivity index (χ3n) is 4.98. The predicted octanol–water partition coefficient (Wildman–Crippen LogP) is 3.93. The minimum Gasteiger partial charge on any atom is -0.497 e. The molecule has 3 aromatic carbocycles. The van der Waals surface area contributed by atoms with E-state index in [1.807, 2.05) is 30.3 Å². The van der Waals surface area contributed by atoms with Crippen LogP contribution in [0, 0.1) is 0 Å². The highest BCUT2D eigenvalue weighted by atomic mass is 32.2. The second-order valence-corrected chi connectivity index (χ2v) is 9.11. The number of hydrogen-bond acceptors (Lipinski definition) is 8. The molecular weight excluding hydrogens is 458 g/mol. The minimum atomic E-state index is -3.92. The van der Waals surface area contributed by atoms with Gasteiger partial charge in [0.05, 0.1) is 23.3 Å². The molecule has 0 fully saturated rings. The van der Waals surface area contributed by atoms with E-state index in [4.69, 9.17) is 13.9 Å². The summed E-state index contributed by atoms with van der Waals surface area (Å²) in [6.45, 7) is -0.249. The smallest absolute Gasteiger partial charge is 0.338 e. The first-order chi connectivity index (χ1) is 16.4. The molecule has 0 saturated heterocycles. The molecule has 0 atom stereocenters. The van der Waals surface area contributed by atoms with Gasteiger partial charge in [0, 0.05) is 12.6 Å². The number of carbonyl (C=O) groups is 1. The second-order valence-electron chi connectivity index (χ2n) is 7.14. The van der Waals surface area contributed by atoms with Crippen molar-refractivity contribution < 1.29 is 27.1 Å². The standard InChI is InChI=1S/C24H21N3O6S/c1-27(19-11-13-20(31-2)14-12-19)34(29,30)21-10-6-9-18(15-21)24(28)32-16-22-25-26-23(33-22)17-7-4-3-5-8-17/h3-15H,16H2,1-2H3. The first-order valence-corrected chi connectivity index (χ1v) is 11.6. The van der Waals surface area contributed by atoms with Crippen molar-refractivity contribution in [3.05, 3.63) is 90.3 Å². The van der Waals surface area contributed by atoms with E-state index in [-0.39, 0.29) is 23.0 Å². The summed E-state index contributed by atoms with van der Waals surface area (Å²) < 4.78 is 43.2. The van der Waals surface area contributed by atoms with E-state index in [0.717, 1.165) is 9.87 Å². The number of anilines is 1. The van der Waals surface area contributed by atoms with Gasteiger partial charge in [-0.2, -0.15) is 0 Å². The van der Waals surface area contributed by atoms with Crippen LogP contribution in [0.15, 0.2) is 88.2 Å². The van der Waals surface area contributed by atoms with Crippen molar-refractivity contribution in [3.8, 4) is 17.2 Å². The van der Waals surface area contributed by atoms with E-state index in [2.05, 4.69) is 10.2 Å². The van der Waals surface area contributed by atoms with Gasteiger partial charge in [-0.05, 0) is 54.6 Å². The van der Waals surface area contributed by atoms with Crippen LogP contribution in [0.2, 0.25) is 0 Å². The Morgan fingerprint density at radius 1 is 0.971 bits per heavy atom. The van der Waals surface area contributed by atoms with E-state index in [1.54, 1.807) is 24.3 Å². The van der Waals surface area contributed by atoms with Gasteiger partial charge in [0.25, 0.3) is 15.9 Å². The summed E-state index contributed by atoms with van der Waals surface area (Å²) in [6, 6.07) is 21.4. The van der Waals surface area contributed by atoms with Crippen LogP contribution in [0.25, 0.3) is 11.5 Å². The molecule has 4 rings (SSSR count). The van der Waals surface area contributed by atoms with Crippen LogP contribution in [-0.4, -0.2) is 38.7 Å². The van der Waals surface area contributed by atoms with Gasteiger partial charge in [-0.25, -0.2) is 13.2 Å². The van der Waals surface area contributed by atoms with Crippen molar-refractivity contribution in [1.82, 2.24) is 10.2 Å². The Hall–Kier alpha value is -4.18. The third kappa shape index (κ3) is 4.91. The summed E-state index contributed by atoms with van der Waals surface area (Å²) in [7, 11) is -0.957. The SMILES string of the molecule is COc1ccc(N(C)S(=O)(=O)c2cccc(C(=O)OCc3nnc(-c4ccccc4)o3)c2)cc1. The van der Waals surface area contributed by atoms with Crippen molar-refractivity contribution >= 4 is 21.7 Å². The fourth-order valence-corrected chi connectivity index (χ4v) is 4.33. The fourth-order valence-electron chi connectivity index (χ4n) is 3.09. The van der Waals surface area contributed by atoms with Gasteiger partial charge in [-0.15, -0.1) is 10.2 Å². The first-order valence-electron chi connectivity index (χ1n) is 10.2. The van der Waals surface area contributed by atoms with E-state index < -0.39 is 16.0 Å². The molecule has 0 radical (unpaired) electrons. The second kappa shape index (κ2) is 9.75. The highest BCUT2D eigenvalue weighted by Gasteiger charge is 2.23. The van der Waals surface area contributed by atoms with Gasteiger partial charge < -0.3 is 13.9 Å². The van der Waals surface area contributed by atoms with E-state index >= 15 is 0 Å². The number of aromatic nitrogens is 2. The Morgan fingerprint density at radius 2 is 1.71 bits per heavy atom. The molecule has 9 nitrogen and oxygen atoms in total. The quantitative estimate of drug-likeness (QED) is 0.350. The van der Waals surface area contributed by atoms with Crippen molar-refractivity contribution in [3.63, 3.8) is 0 Å². The molecule has 0 bridgehead atoms. The largest absolute Gasteiger partial charge is 0.497 e. The molecule has 0 amide bonds. The Labute approximate surface area is 196 Å². The van der Waals surface area contributed by atoms with Crippen LogP contribution in [0.4, 0.5) is 5.69 Å². The van der Waals surface area contributed by atoms with Crippen molar-refractivity contribution in [2.45, 2.75) is 11.5 Å². The molecule has 0 aliphatic rings. The van der Waals surface area contributed by atoms with Crippen LogP contribution in [0.5, 0.6) is 5.75 Å². The lowest BCUT2D eigenvalue weighted by atomic mass is 10.2. The molecule has 0 aliphatic carbocycles. The summed E-state index contributed by atoms with van der Waals surface area (Å²) in [6.07, 6.45) is 0. The topological polar surface area (TPSA) is 112 Å². The maximum atomic E-state index is 13.1. The minimum absolute atomic E-state index is 0.0515. The number of ether oxygens (including phenoxy) is 2. The number of methoxy groups -OCH3 is 1. The number of hydrogen-bond donors (Lipinski definition) is 0. The van der Waals surface area contributed by atoms with E-state index in [0.29, 0.717) is 17.3 Å². The molecular formula is C24H21N3O6S. The molecule has 10 heteroatoms. The lowest BCUT2D eigenvalue weighted by Gasteiger charge is -2.20. The van der Waals surface area contributed by atoms with Crippen LogP contribution in [0.3, 0.4) is 0 Å². The normalized spacial score (nSPS) is 11.1. The van der Waals surface area contributed by atoms with Gasteiger partial charge in [0.15, 0.2) is 6.61 Å². The fraction of sp³-hybridized carbons (Fsp3) is 0.125. The highest BCUT2D eigenvalue weighted by Crippen LogP contribution is 2.25. The van der Waals surface area contributed by atoms with Crippen LogP contribution < -0.4 is 9.04 Å². The average molecular weight is 480 g/mol. The average Bonchev–Trinajstić information content (AvgIpc) is 3.36. The summed E-state index contributed by atoms with van der Waals surface area (Å²) in [4.78, 5) is 12.5. The molecule has 4 aromatic rings. The maximum Gasteiger partial charge on any atom is 0.338 e. The van der Waals surface area contributed by atoms with Crippen molar-refractivity contribution in [1.29, 1.82) is 0 Å². The van der Waals surface area contributed by atoms with Crippen molar-refractivity contribution in [2.24, 2.45) is 0 Å². The van der Waals surface area contributed by atoms with Crippen LogP contribution in [-0.2, 0) is 21.4 Å². The number of benzene rings is 3. The number of rotatable bonds is 8. The van der Waals surface area contributed by atoms with Gasteiger partial charge >= 0.3 is 5.97 Å². The summed E-state index contributed by atoms with van der Waals surface area (Å²) >= 11 is 0. The first kappa shape index (κ1) is 23.0. The molecule has 0 N–H and O–H groups in total. The Balaban J connectivity index is 1.46. The molecule has 0 aliphatic heterocycles. The highest BCUT2D eigenvalue weighted by molar-refractivity contribution is 7.92. The van der Waals surface area contributed by atoms with Crippen molar-refractivity contribution in [2.75, 3.05) is 18.5 Å². The third-order valence-corrected chi connectivity index (χ3v) is 6.76. The van der Waals surface area contributed by atoms with E-state index in [9.17, 15) is 13.2 Å². The summed E-state index contributed by atoms with van der Waals surface area (Å²) in [5.74, 6) is 0.316. The molecule has 1 heterocycles. The van der Waals surface area contributed by atoms with Crippen LogP contribution >= 0.6 is 0 Å². The van der Waals surface area contributed by atoms with Gasteiger partial charge in [0.2, 0.25) is 5.89 Å². The zero-order valence-electron chi connectivity index (χ0n) is 18.4. The lowest BCUT2D eigenvalue weighted by Crippen LogP contribution is -2.26. The lowest BCUT2D eigenvalue weighted by molar-refractivity contribution is 0.0438. The van der Waals surface area contributed by atoms with E-state index in [1.165, 1.54) is 38.4 Å². The maximum absolute atomic E-state index is 13.1. The molecule has 0 unspecified atom stereocenters. The monoisotopic (exact) mass is 479 g/mol. The van der Waals surface area contributed by atoms with Gasteiger partial charge in [-0.3, -0.25) is 4.31 Å². The van der Waals surface area contributed by atoms with Gasteiger partial charge in [-0.1, -0.05) is 24.3 Å². The molecule has 34 heavy (non-hydrogen) atoms. The van der Waals surface area contributed by atoms with Gasteiger partial charge in [0.1, 0.15) is 5.75 Å². The zero-order chi connectivity index (χ0) is 24.1.